The van der Waals surface area contributed by atoms with Gasteiger partial charge in [0, 0.05) is 12.0 Å². The van der Waals surface area contributed by atoms with Crippen molar-refractivity contribution in [3.05, 3.63) is 46.6 Å². The number of benzene rings is 1. The zero-order valence-electron chi connectivity index (χ0n) is 15.7. The number of hydrogen-bond acceptors (Lipinski definition) is 6. The summed E-state index contributed by atoms with van der Waals surface area (Å²) in [5.41, 5.74) is 2.66. The second-order valence-corrected chi connectivity index (χ2v) is 5.91. The van der Waals surface area contributed by atoms with E-state index in [1.165, 1.54) is 26.4 Å². The van der Waals surface area contributed by atoms with Gasteiger partial charge in [0.25, 0.3) is 0 Å². The first-order chi connectivity index (χ1) is 12.4. The van der Waals surface area contributed by atoms with E-state index in [1.807, 2.05) is 26.8 Å². The maximum absolute atomic E-state index is 12.5. The van der Waals surface area contributed by atoms with Gasteiger partial charge in [0.1, 0.15) is 18.1 Å². The third-order valence-electron chi connectivity index (χ3n) is 3.86. The predicted molar refractivity (Wildman–Crippen MR) is 99.6 cm³/mol. The van der Waals surface area contributed by atoms with Gasteiger partial charge in [-0.2, -0.15) is 0 Å². The van der Waals surface area contributed by atoms with E-state index in [9.17, 15) is 9.59 Å². The number of methoxy groups -OCH3 is 2. The highest BCUT2D eigenvalue weighted by molar-refractivity contribution is 6.25. The predicted octanol–water partition coefficient (Wildman–Crippen LogP) is 3.74. The van der Waals surface area contributed by atoms with Crippen LogP contribution < -0.4 is 9.47 Å². The molecule has 0 unspecified atom stereocenters. The Hall–Kier alpha value is -2.89. The average molecular weight is 357 g/mol. The Morgan fingerprint density at radius 3 is 2.27 bits per heavy atom. The summed E-state index contributed by atoms with van der Waals surface area (Å²) >= 11 is 0. The average Bonchev–Trinajstić information content (AvgIpc) is 2.63. The molecule has 0 aliphatic heterocycles. The van der Waals surface area contributed by atoms with Crippen molar-refractivity contribution in [1.29, 1.82) is 0 Å². The van der Waals surface area contributed by atoms with Crippen LogP contribution in [0.2, 0.25) is 0 Å². The smallest absolute Gasteiger partial charge is 0.190 e. The van der Waals surface area contributed by atoms with Gasteiger partial charge in [-0.25, -0.2) is 0 Å². The molecule has 0 N–H and O–H groups in total. The van der Waals surface area contributed by atoms with Crippen LogP contribution in [0.4, 0.5) is 0 Å². The van der Waals surface area contributed by atoms with Crippen molar-refractivity contribution in [1.82, 2.24) is 0 Å². The van der Waals surface area contributed by atoms with Crippen LogP contribution in [0.1, 0.15) is 53.5 Å². The van der Waals surface area contributed by atoms with Gasteiger partial charge < -0.3 is 14.3 Å². The molecule has 26 heavy (non-hydrogen) atoms. The van der Waals surface area contributed by atoms with E-state index in [4.69, 9.17) is 14.3 Å². The zero-order chi connectivity index (χ0) is 19.3. The van der Waals surface area contributed by atoms with Gasteiger partial charge in [-0.05, 0) is 39.0 Å². The topological polar surface area (TPSA) is 74.2 Å². The van der Waals surface area contributed by atoms with Gasteiger partial charge in [0.2, 0.25) is 0 Å². The maximum atomic E-state index is 12.5. The first-order valence-electron chi connectivity index (χ1n) is 8.32. The van der Waals surface area contributed by atoms with Crippen molar-refractivity contribution >= 4 is 17.3 Å². The number of hydrogen-bond donors (Lipinski definition) is 0. The summed E-state index contributed by atoms with van der Waals surface area (Å²) in [5.74, 6) is -0.00697. The van der Waals surface area contributed by atoms with Crippen LogP contribution in [0.3, 0.4) is 0 Å². The summed E-state index contributed by atoms with van der Waals surface area (Å²) in [6, 6.07) is 1.67. The highest BCUT2D eigenvalue weighted by Crippen LogP contribution is 2.38. The Balaban J connectivity index is 2.75. The van der Waals surface area contributed by atoms with Crippen LogP contribution in [0.5, 0.6) is 11.5 Å². The lowest BCUT2D eigenvalue weighted by molar-refractivity contribution is 0.0989. The third kappa shape index (κ3) is 3.85. The van der Waals surface area contributed by atoms with E-state index in [2.05, 4.69) is 5.16 Å². The molecule has 6 heteroatoms. The number of carbonyl (C=O) groups is 2. The third-order valence-corrected chi connectivity index (χ3v) is 3.86. The van der Waals surface area contributed by atoms with E-state index in [0.29, 0.717) is 35.8 Å². The highest BCUT2D eigenvalue weighted by atomic mass is 16.6. The minimum atomic E-state index is -0.311. The Morgan fingerprint density at radius 1 is 1.08 bits per heavy atom. The molecule has 138 valence electrons. The number of fused-ring (bicyclic) bond motifs is 1. The number of nitrogens with zero attached hydrogens (tertiary/aromatic N) is 1. The molecule has 0 radical (unpaired) electrons. The molecule has 1 aromatic carbocycles. The summed E-state index contributed by atoms with van der Waals surface area (Å²) in [5, 5.41) is 4.18. The molecule has 2 rings (SSSR count). The van der Waals surface area contributed by atoms with Crippen molar-refractivity contribution in [2.75, 3.05) is 20.8 Å². The summed E-state index contributed by atoms with van der Waals surface area (Å²) < 4.78 is 10.9. The normalized spacial score (nSPS) is 13.3. The Bertz CT molecular complexity index is 814. The van der Waals surface area contributed by atoms with E-state index < -0.39 is 0 Å². The second kappa shape index (κ2) is 8.47. The molecule has 1 aromatic rings. The molecule has 0 saturated carbocycles. The van der Waals surface area contributed by atoms with Gasteiger partial charge in [0.05, 0.1) is 31.1 Å². The molecule has 0 heterocycles. The molecule has 1 aliphatic carbocycles. The van der Waals surface area contributed by atoms with Crippen LogP contribution in [-0.2, 0) is 4.84 Å². The van der Waals surface area contributed by atoms with E-state index in [-0.39, 0.29) is 22.7 Å². The monoisotopic (exact) mass is 357 g/mol. The zero-order valence-corrected chi connectivity index (χ0v) is 15.7. The van der Waals surface area contributed by atoms with E-state index >= 15 is 0 Å². The van der Waals surface area contributed by atoms with Crippen molar-refractivity contribution in [3.63, 3.8) is 0 Å². The first-order valence-corrected chi connectivity index (χ1v) is 8.32. The van der Waals surface area contributed by atoms with Crippen LogP contribution in [0.25, 0.3) is 0 Å². The summed E-state index contributed by atoms with van der Waals surface area (Å²) in [6.45, 7) is 6.20. The number of carbonyl (C=O) groups excluding carboxylic acids is 2. The van der Waals surface area contributed by atoms with Crippen molar-refractivity contribution < 1.29 is 23.9 Å². The van der Waals surface area contributed by atoms with Crippen molar-refractivity contribution in [3.8, 4) is 11.5 Å². The summed E-state index contributed by atoms with van der Waals surface area (Å²) in [4.78, 5) is 30.0. The summed E-state index contributed by atoms with van der Waals surface area (Å²) in [6.07, 6.45) is 4.96. The standard InChI is InChI=1S/C20H23NO5/c1-6-26-21-14(8-7-12(2)3)13-11-17(24-4)18-15(22)9-10-16(23)19(18)20(13)25-5/h7,9-11H,6,8H2,1-5H3. The lowest BCUT2D eigenvalue weighted by Crippen LogP contribution is -2.17. The van der Waals surface area contributed by atoms with Crippen molar-refractivity contribution in [2.45, 2.75) is 27.2 Å². The fourth-order valence-corrected chi connectivity index (χ4v) is 2.67. The van der Waals surface area contributed by atoms with E-state index in [0.717, 1.165) is 5.57 Å². The number of oxime groups is 1. The molecule has 0 saturated heterocycles. The fraction of sp³-hybridized carbons (Fsp3) is 0.350. The van der Waals surface area contributed by atoms with Crippen molar-refractivity contribution in [2.24, 2.45) is 5.16 Å². The molecular formula is C20H23NO5. The van der Waals surface area contributed by atoms with Gasteiger partial charge in [-0.1, -0.05) is 16.8 Å². The molecule has 0 spiro atoms. The SMILES string of the molecule is CCON=C(CC=C(C)C)c1cc(OC)c2c(c1OC)C(=O)C=CC2=O. The largest absolute Gasteiger partial charge is 0.496 e. The Kier molecular flexibility index (Phi) is 6.33. The molecule has 6 nitrogen and oxygen atoms in total. The minimum absolute atomic E-state index is 0.191. The molecule has 0 fully saturated rings. The lowest BCUT2D eigenvalue weighted by atomic mass is 9.89. The minimum Gasteiger partial charge on any atom is -0.496 e. The second-order valence-electron chi connectivity index (χ2n) is 5.91. The lowest BCUT2D eigenvalue weighted by Gasteiger charge is -2.20. The van der Waals surface area contributed by atoms with Crippen LogP contribution in [0, 0.1) is 0 Å². The number of ether oxygens (including phenoxy) is 2. The molecular weight excluding hydrogens is 334 g/mol. The fourth-order valence-electron chi connectivity index (χ4n) is 2.67. The van der Waals surface area contributed by atoms with Crippen LogP contribution in [0.15, 0.2) is 35.0 Å². The van der Waals surface area contributed by atoms with Crippen LogP contribution in [-0.4, -0.2) is 38.1 Å². The Labute approximate surface area is 153 Å². The van der Waals surface area contributed by atoms with E-state index in [1.54, 1.807) is 6.07 Å². The quantitative estimate of drug-likeness (QED) is 0.422. The maximum Gasteiger partial charge on any atom is 0.190 e. The highest BCUT2D eigenvalue weighted by Gasteiger charge is 2.31. The van der Waals surface area contributed by atoms with Gasteiger partial charge >= 0.3 is 0 Å². The molecule has 0 aromatic heterocycles. The van der Waals surface area contributed by atoms with Gasteiger partial charge in [-0.3, -0.25) is 9.59 Å². The molecule has 1 aliphatic rings. The molecule has 0 atom stereocenters. The molecule has 0 bridgehead atoms. The molecule has 0 amide bonds. The number of ketones is 2. The van der Waals surface area contributed by atoms with Gasteiger partial charge in [0.15, 0.2) is 11.6 Å². The Morgan fingerprint density at radius 2 is 1.73 bits per heavy atom. The number of rotatable bonds is 7. The first kappa shape index (κ1) is 19.4. The number of allylic oxidation sites excluding steroid dienone is 4. The van der Waals surface area contributed by atoms with Crippen LogP contribution >= 0.6 is 0 Å². The van der Waals surface area contributed by atoms with Gasteiger partial charge in [-0.15, -0.1) is 0 Å². The summed E-state index contributed by atoms with van der Waals surface area (Å²) in [7, 11) is 2.91.